The number of H-pyrrole nitrogens is 1. The van der Waals surface area contributed by atoms with Gasteiger partial charge in [0.05, 0.1) is 6.61 Å². The van der Waals surface area contributed by atoms with Crippen molar-refractivity contribution in [2.75, 3.05) is 30.9 Å². The average molecular weight is 468 g/mol. The van der Waals surface area contributed by atoms with Crippen LogP contribution in [0, 0.1) is 11.8 Å². The van der Waals surface area contributed by atoms with Crippen LogP contribution >= 0.6 is 0 Å². The molecule has 1 atom stereocenters. The summed E-state index contributed by atoms with van der Waals surface area (Å²) in [5, 5.41) is 2.92. The molecule has 1 unspecified atom stereocenters. The Morgan fingerprint density at radius 2 is 1.76 bits per heavy atom. The Bertz CT molecular complexity index is 890. The second-order valence-corrected chi connectivity index (χ2v) is 9.33. The first-order valence-corrected chi connectivity index (χ1v) is 11.7. The normalized spacial score (nSPS) is 12.2. The van der Waals surface area contributed by atoms with Crippen LogP contribution in [0.1, 0.15) is 66.7 Å². The summed E-state index contributed by atoms with van der Waals surface area (Å²) < 4.78 is 6.33. The highest BCUT2D eigenvalue weighted by Gasteiger charge is 2.25. The minimum absolute atomic E-state index is 0.0136. The third-order valence-corrected chi connectivity index (χ3v) is 5.24. The second-order valence-electron chi connectivity index (χ2n) is 9.33. The number of ether oxygens (including phenoxy) is 1. The molecule has 0 saturated heterocycles. The smallest absolute Gasteiger partial charge is 0.330 e. The van der Waals surface area contributed by atoms with Gasteiger partial charge in [-0.25, -0.2) is 4.79 Å². The van der Waals surface area contributed by atoms with Crippen molar-refractivity contribution in [3.05, 3.63) is 20.8 Å². The van der Waals surface area contributed by atoms with Crippen molar-refractivity contribution in [2.45, 2.75) is 79.3 Å². The van der Waals surface area contributed by atoms with E-state index >= 15 is 0 Å². The zero-order valence-electron chi connectivity index (χ0n) is 20.9. The van der Waals surface area contributed by atoms with Crippen molar-refractivity contribution in [3.8, 4) is 0 Å². The van der Waals surface area contributed by atoms with E-state index in [1.807, 2.05) is 20.8 Å². The van der Waals surface area contributed by atoms with Gasteiger partial charge in [0.25, 0.3) is 5.56 Å². The number of nitrogen functional groups attached to an aromatic ring is 1. The second kappa shape index (κ2) is 13.8. The fraction of sp³-hybridized carbons (Fsp3) is 0.739. The van der Waals surface area contributed by atoms with Gasteiger partial charge in [0.1, 0.15) is 5.82 Å². The number of nitrogens with one attached hydrogen (secondary N) is 2. The number of methoxy groups -OCH3 is 1. The van der Waals surface area contributed by atoms with E-state index in [2.05, 4.69) is 24.1 Å². The number of anilines is 2. The molecular formula is C23H41N5O5. The molecule has 0 radical (unpaired) electrons. The van der Waals surface area contributed by atoms with E-state index < -0.39 is 17.2 Å². The molecule has 0 aliphatic carbocycles. The molecular weight excluding hydrogens is 426 g/mol. The lowest BCUT2D eigenvalue weighted by Crippen LogP contribution is -2.43. The molecule has 0 spiro atoms. The van der Waals surface area contributed by atoms with Gasteiger partial charge in [-0.2, -0.15) is 0 Å². The molecule has 0 fully saturated rings. The van der Waals surface area contributed by atoms with E-state index in [0.717, 1.165) is 19.3 Å². The minimum Gasteiger partial charge on any atom is -0.383 e. The molecule has 10 nitrogen and oxygen atoms in total. The minimum atomic E-state index is -0.745. The lowest BCUT2D eigenvalue weighted by molar-refractivity contribution is -0.125. The van der Waals surface area contributed by atoms with Crippen molar-refractivity contribution < 1.29 is 14.3 Å². The maximum Gasteiger partial charge on any atom is 0.330 e. The molecule has 1 rings (SSSR count). The molecule has 1 aromatic heterocycles. The number of aromatic amines is 1. The molecule has 0 aromatic carbocycles. The highest BCUT2D eigenvalue weighted by molar-refractivity contribution is 5.97. The molecule has 2 amide bonds. The molecule has 1 aromatic rings. The summed E-state index contributed by atoms with van der Waals surface area (Å²) in [5.41, 5.74) is 4.69. The summed E-state index contributed by atoms with van der Waals surface area (Å²) in [6.45, 7) is 10.6. The summed E-state index contributed by atoms with van der Waals surface area (Å²) in [7, 11) is 1.48. The first-order valence-electron chi connectivity index (χ1n) is 11.7. The maximum absolute atomic E-state index is 13.0. The van der Waals surface area contributed by atoms with Crippen molar-refractivity contribution in [2.24, 2.45) is 11.8 Å². The summed E-state index contributed by atoms with van der Waals surface area (Å²) in [5.74, 6) is -0.0299. The third kappa shape index (κ3) is 9.41. The summed E-state index contributed by atoms with van der Waals surface area (Å²) in [6.07, 6.45) is 2.89. The van der Waals surface area contributed by atoms with Gasteiger partial charge in [-0.1, -0.05) is 40.5 Å². The van der Waals surface area contributed by atoms with E-state index in [9.17, 15) is 19.2 Å². The van der Waals surface area contributed by atoms with Crippen LogP contribution in [-0.4, -0.2) is 47.7 Å². The molecule has 33 heavy (non-hydrogen) atoms. The van der Waals surface area contributed by atoms with Crippen LogP contribution in [0.4, 0.5) is 11.5 Å². The number of nitrogens with zero attached hydrogens (tertiary/aromatic N) is 2. The summed E-state index contributed by atoms with van der Waals surface area (Å²) >= 11 is 0. The molecule has 0 aliphatic heterocycles. The number of carbonyl (C=O) groups excluding carboxylic acids is 2. The van der Waals surface area contributed by atoms with E-state index in [-0.39, 0.29) is 61.9 Å². The van der Waals surface area contributed by atoms with Gasteiger partial charge >= 0.3 is 5.69 Å². The highest BCUT2D eigenvalue weighted by atomic mass is 16.5. The fourth-order valence-corrected chi connectivity index (χ4v) is 3.54. The van der Waals surface area contributed by atoms with Crippen molar-refractivity contribution in [3.63, 3.8) is 0 Å². The predicted molar refractivity (Wildman–Crippen MR) is 130 cm³/mol. The molecule has 10 heteroatoms. The molecule has 0 bridgehead atoms. The van der Waals surface area contributed by atoms with Gasteiger partial charge in [0.2, 0.25) is 11.8 Å². The standard InChI is InChI=1S/C23H41N5O5/c1-15(2)8-7-9-17(5)25-18(29)10-11-19(30)27(12-13-33-6)20-21(24)28(14-16(3)4)23(32)26-22(20)31/h15-17H,7-14,24H2,1-6H3,(H,25,29)(H,26,31,32). The van der Waals surface area contributed by atoms with Crippen molar-refractivity contribution >= 4 is 23.3 Å². The van der Waals surface area contributed by atoms with Crippen LogP contribution in [0.25, 0.3) is 0 Å². The quantitative estimate of drug-likeness (QED) is 0.382. The Balaban J connectivity index is 2.95. The zero-order chi connectivity index (χ0) is 25.1. The number of carbonyl (C=O) groups is 2. The topological polar surface area (TPSA) is 140 Å². The number of hydrogen-bond donors (Lipinski definition) is 3. The first kappa shape index (κ1) is 28.4. The van der Waals surface area contributed by atoms with Gasteiger partial charge in [-0.15, -0.1) is 0 Å². The number of nitrogens with two attached hydrogens (primary N) is 1. The number of rotatable bonds is 14. The number of aromatic nitrogens is 2. The van der Waals surface area contributed by atoms with Crippen LogP contribution < -0.4 is 27.2 Å². The van der Waals surface area contributed by atoms with Crippen molar-refractivity contribution in [1.82, 2.24) is 14.9 Å². The molecule has 4 N–H and O–H groups in total. The largest absolute Gasteiger partial charge is 0.383 e. The Labute approximate surface area is 195 Å². The molecule has 0 saturated carbocycles. The van der Waals surface area contributed by atoms with Gasteiger partial charge in [0, 0.05) is 39.1 Å². The fourth-order valence-electron chi connectivity index (χ4n) is 3.54. The Kier molecular flexibility index (Phi) is 11.9. The third-order valence-electron chi connectivity index (χ3n) is 5.24. The van der Waals surface area contributed by atoms with E-state index in [1.165, 1.54) is 16.6 Å². The van der Waals surface area contributed by atoms with Crippen LogP contribution in [0.5, 0.6) is 0 Å². The molecule has 0 aliphatic rings. The van der Waals surface area contributed by atoms with Crippen molar-refractivity contribution in [1.29, 1.82) is 0 Å². The van der Waals surface area contributed by atoms with Gasteiger partial charge in [0.15, 0.2) is 5.69 Å². The molecule has 1 heterocycles. The van der Waals surface area contributed by atoms with Gasteiger partial charge in [-0.3, -0.25) is 23.9 Å². The van der Waals surface area contributed by atoms with Crippen LogP contribution in [0.3, 0.4) is 0 Å². The van der Waals surface area contributed by atoms with Crippen LogP contribution in [0.2, 0.25) is 0 Å². The molecule has 188 valence electrons. The van der Waals surface area contributed by atoms with E-state index in [0.29, 0.717) is 5.92 Å². The van der Waals surface area contributed by atoms with E-state index in [1.54, 1.807) is 0 Å². The van der Waals surface area contributed by atoms with Crippen LogP contribution in [0.15, 0.2) is 9.59 Å². The average Bonchev–Trinajstić information content (AvgIpc) is 2.71. The number of hydrogen-bond acceptors (Lipinski definition) is 6. The Morgan fingerprint density at radius 1 is 1.09 bits per heavy atom. The van der Waals surface area contributed by atoms with Gasteiger partial charge in [-0.05, 0) is 25.2 Å². The Morgan fingerprint density at radius 3 is 2.33 bits per heavy atom. The Hall–Kier alpha value is -2.62. The lowest BCUT2D eigenvalue weighted by atomic mass is 10.0. The monoisotopic (exact) mass is 467 g/mol. The predicted octanol–water partition coefficient (Wildman–Crippen LogP) is 1.87. The highest BCUT2D eigenvalue weighted by Crippen LogP contribution is 2.19. The van der Waals surface area contributed by atoms with Crippen LogP contribution in [-0.2, 0) is 20.9 Å². The summed E-state index contributed by atoms with van der Waals surface area (Å²) in [6, 6.07) is 0.0222. The van der Waals surface area contributed by atoms with E-state index in [4.69, 9.17) is 10.5 Å². The number of amides is 2. The zero-order valence-corrected chi connectivity index (χ0v) is 20.9. The lowest BCUT2D eigenvalue weighted by Gasteiger charge is -2.25. The maximum atomic E-state index is 13.0. The summed E-state index contributed by atoms with van der Waals surface area (Å²) in [4.78, 5) is 53.6. The SMILES string of the molecule is COCCN(C(=O)CCC(=O)NC(C)CCCC(C)C)c1c(N)n(CC(C)C)c(=O)[nH]c1=O. The first-order chi connectivity index (χ1) is 15.5. The van der Waals surface area contributed by atoms with Gasteiger partial charge < -0.3 is 20.7 Å².